The summed E-state index contributed by atoms with van der Waals surface area (Å²) in [6, 6.07) is 1.54. The molecule has 1 aliphatic heterocycles. The van der Waals surface area contributed by atoms with E-state index >= 15 is 0 Å². The Hall–Kier alpha value is -0.0800. The highest BCUT2D eigenvalue weighted by Gasteiger charge is 2.40. The van der Waals surface area contributed by atoms with Gasteiger partial charge in [-0.05, 0) is 56.8 Å². The van der Waals surface area contributed by atoms with Crippen LogP contribution in [-0.4, -0.2) is 36.6 Å². The standard InChI is InChI=1S/C19H36N2/c1-15(2)21-12-16-8-7-9-17(13-21)18(16)20-14-19(3)10-5-4-6-11-19/h15-18,20H,4-14H2,1-3H3. The van der Waals surface area contributed by atoms with E-state index in [0.717, 1.165) is 23.9 Å². The molecule has 122 valence electrons. The van der Waals surface area contributed by atoms with Crippen molar-refractivity contribution in [3.05, 3.63) is 0 Å². The van der Waals surface area contributed by atoms with Crippen LogP contribution in [0.3, 0.4) is 0 Å². The van der Waals surface area contributed by atoms with Crippen LogP contribution in [0.1, 0.15) is 72.1 Å². The topological polar surface area (TPSA) is 15.3 Å². The lowest BCUT2D eigenvalue weighted by Gasteiger charge is -2.50. The summed E-state index contributed by atoms with van der Waals surface area (Å²) >= 11 is 0. The Morgan fingerprint density at radius 2 is 1.62 bits per heavy atom. The van der Waals surface area contributed by atoms with Crippen molar-refractivity contribution in [2.75, 3.05) is 19.6 Å². The Bertz CT molecular complexity index is 318. The fourth-order valence-corrected chi connectivity index (χ4v) is 5.17. The van der Waals surface area contributed by atoms with E-state index in [9.17, 15) is 0 Å². The third-order valence-corrected chi connectivity index (χ3v) is 6.66. The van der Waals surface area contributed by atoms with Crippen molar-refractivity contribution in [3.8, 4) is 0 Å². The van der Waals surface area contributed by atoms with E-state index in [1.165, 1.54) is 71.0 Å². The zero-order valence-corrected chi connectivity index (χ0v) is 14.5. The zero-order valence-electron chi connectivity index (χ0n) is 14.5. The van der Waals surface area contributed by atoms with Crippen molar-refractivity contribution in [3.63, 3.8) is 0 Å². The maximum absolute atomic E-state index is 4.07. The molecule has 1 saturated heterocycles. The van der Waals surface area contributed by atoms with Gasteiger partial charge in [-0.2, -0.15) is 0 Å². The van der Waals surface area contributed by atoms with Gasteiger partial charge in [0.2, 0.25) is 0 Å². The largest absolute Gasteiger partial charge is 0.313 e. The molecule has 1 N–H and O–H groups in total. The number of nitrogens with zero attached hydrogens (tertiary/aromatic N) is 1. The van der Waals surface area contributed by atoms with Gasteiger partial charge in [-0.25, -0.2) is 0 Å². The predicted molar refractivity (Wildman–Crippen MR) is 90.5 cm³/mol. The van der Waals surface area contributed by atoms with Crippen molar-refractivity contribution in [1.82, 2.24) is 10.2 Å². The second kappa shape index (κ2) is 6.58. The normalized spacial score (nSPS) is 36.9. The monoisotopic (exact) mass is 292 g/mol. The van der Waals surface area contributed by atoms with Crippen molar-refractivity contribution in [1.29, 1.82) is 0 Å². The molecule has 1 heterocycles. The number of rotatable bonds is 4. The van der Waals surface area contributed by atoms with Gasteiger partial charge in [0.1, 0.15) is 0 Å². The lowest BCUT2D eigenvalue weighted by atomic mass is 9.71. The minimum absolute atomic E-state index is 0.585. The molecule has 0 aromatic heterocycles. The molecule has 0 aromatic carbocycles. The number of nitrogens with one attached hydrogen (secondary N) is 1. The summed E-state index contributed by atoms with van der Waals surface area (Å²) in [6.45, 7) is 11.2. The summed E-state index contributed by atoms with van der Waals surface area (Å²) in [5, 5.41) is 4.07. The summed E-state index contributed by atoms with van der Waals surface area (Å²) in [4.78, 5) is 2.73. The Morgan fingerprint density at radius 3 is 2.19 bits per heavy atom. The van der Waals surface area contributed by atoms with Gasteiger partial charge < -0.3 is 10.2 Å². The molecule has 0 radical (unpaired) electrons. The summed E-state index contributed by atoms with van der Waals surface area (Å²) in [6.07, 6.45) is 11.6. The molecule has 2 atom stereocenters. The molecule has 0 amide bonds. The van der Waals surface area contributed by atoms with Gasteiger partial charge in [0.25, 0.3) is 0 Å². The average Bonchev–Trinajstić information content (AvgIpc) is 2.45. The fourth-order valence-electron chi connectivity index (χ4n) is 5.17. The smallest absolute Gasteiger partial charge is 0.0148 e. The maximum Gasteiger partial charge on any atom is 0.0148 e. The Balaban J connectivity index is 1.58. The van der Waals surface area contributed by atoms with E-state index in [0.29, 0.717) is 5.41 Å². The minimum Gasteiger partial charge on any atom is -0.313 e. The summed E-state index contributed by atoms with van der Waals surface area (Å²) in [5.74, 6) is 1.82. The van der Waals surface area contributed by atoms with E-state index in [4.69, 9.17) is 0 Å². The van der Waals surface area contributed by atoms with E-state index in [1.807, 2.05) is 0 Å². The number of hydrogen-bond acceptors (Lipinski definition) is 2. The van der Waals surface area contributed by atoms with Crippen LogP contribution in [0.4, 0.5) is 0 Å². The second-order valence-electron chi connectivity index (χ2n) is 8.78. The molecular formula is C19H36N2. The molecule has 3 fully saturated rings. The van der Waals surface area contributed by atoms with Gasteiger partial charge in [-0.3, -0.25) is 0 Å². The first-order valence-corrected chi connectivity index (χ1v) is 9.55. The quantitative estimate of drug-likeness (QED) is 0.841. The fraction of sp³-hybridized carbons (Fsp3) is 1.00. The van der Waals surface area contributed by atoms with Crippen LogP contribution < -0.4 is 5.32 Å². The first-order valence-electron chi connectivity index (χ1n) is 9.55. The second-order valence-corrected chi connectivity index (χ2v) is 8.78. The SMILES string of the molecule is CC(C)N1CC2CCCC(C1)C2NCC1(C)CCCCC1. The van der Waals surface area contributed by atoms with Crippen molar-refractivity contribution in [2.24, 2.45) is 17.3 Å². The highest BCUT2D eigenvalue weighted by Crippen LogP contribution is 2.38. The molecule has 0 spiro atoms. The van der Waals surface area contributed by atoms with Crippen molar-refractivity contribution < 1.29 is 0 Å². The van der Waals surface area contributed by atoms with E-state index in [-0.39, 0.29) is 0 Å². The summed E-state index contributed by atoms with van der Waals surface area (Å²) in [5.41, 5.74) is 0.585. The molecule has 2 saturated carbocycles. The molecule has 2 bridgehead atoms. The van der Waals surface area contributed by atoms with Crippen LogP contribution in [0.2, 0.25) is 0 Å². The molecule has 21 heavy (non-hydrogen) atoms. The molecule has 2 unspecified atom stereocenters. The molecular weight excluding hydrogens is 256 g/mol. The van der Waals surface area contributed by atoms with E-state index in [1.54, 1.807) is 0 Å². The van der Waals surface area contributed by atoms with Crippen molar-refractivity contribution >= 4 is 0 Å². The van der Waals surface area contributed by atoms with Crippen LogP contribution in [-0.2, 0) is 0 Å². The lowest BCUT2D eigenvalue weighted by molar-refractivity contribution is 0.0234. The third-order valence-electron chi connectivity index (χ3n) is 6.66. The molecule has 3 rings (SSSR count). The van der Waals surface area contributed by atoms with Crippen LogP contribution >= 0.6 is 0 Å². The molecule has 3 aliphatic rings. The molecule has 2 heteroatoms. The Kier molecular flexibility index (Phi) is 4.95. The van der Waals surface area contributed by atoms with Gasteiger partial charge in [0.15, 0.2) is 0 Å². The van der Waals surface area contributed by atoms with E-state index in [2.05, 4.69) is 31.0 Å². The molecule has 2 nitrogen and oxygen atoms in total. The predicted octanol–water partition coefficient (Wildman–Crippen LogP) is 4.06. The Morgan fingerprint density at radius 1 is 1.00 bits per heavy atom. The van der Waals surface area contributed by atoms with Crippen LogP contribution in [0.25, 0.3) is 0 Å². The minimum atomic E-state index is 0.585. The van der Waals surface area contributed by atoms with Gasteiger partial charge in [0, 0.05) is 31.7 Å². The molecule has 0 aromatic rings. The van der Waals surface area contributed by atoms with Crippen LogP contribution in [0.5, 0.6) is 0 Å². The van der Waals surface area contributed by atoms with Gasteiger partial charge in [-0.1, -0.05) is 32.6 Å². The molecule has 2 aliphatic carbocycles. The lowest BCUT2D eigenvalue weighted by Crippen LogP contribution is -2.59. The number of piperidine rings is 1. The number of likely N-dealkylation sites (tertiary alicyclic amines) is 1. The zero-order chi connectivity index (χ0) is 14.9. The number of fused-ring (bicyclic) bond motifs is 2. The van der Waals surface area contributed by atoms with Crippen molar-refractivity contribution in [2.45, 2.75) is 84.2 Å². The highest BCUT2D eigenvalue weighted by atomic mass is 15.2. The first-order chi connectivity index (χ1) is 10.1. The van der Waals surface area contributed by atoms with Gasteiger partial charge in [-0.15, -0.1) is 0 Å². The first kappa shape index (κ1) is 15.8. The summed E-state index contributed by atoms with van der Waals surface area (Å²) in [7, 11) is 0. The van der Waals surface area contributed by atoms with E-state index < -0.39 is 0 Å². The third kappa shape index (κ3) is 3.64. The Labute approximate surface area is 132 Å². The summed E-state index contributed by atoms with van der Waals surface area (Å²) < 4.78 is 0. The van der Waals surface area contributed by atoms with Crippen LogP contribution in [0.15, 0.2) is 0 Å². The average molecular weight is 293 g/mol. The maximum atomic E-state index is 4.07. The van der Waals surface area contributed by atoms with Gasteiger partial charge >= 0.3 is 0 Å². The van der Waals surface area contributed by atoms with Gasteiger partial charge in [0.05, 0.1) is 0 Å². The van der Waals surface area contributed by atoms with Crippen LogP contribution in [0, 0.1) is 17.3 Å². The highest BCUT2D eigenvalue weighted by molar-refractivity contribution is 4.96. The number of hydrogen-bond donors (Lipinski definition) is 1.